The lowest BCUT2D eigenvalue weighted by Crippen LogP contribution is -2.30. The summed E-state index contributed by atoms with van der Waals surface area (Å²) in [5.41, 5.74) is 5.56. The van der Waals surface area contributed by atoms with Crippen LogP contribution in [-0.2, 0) is 16.0 Å². The lowest BCUT2D eigenvalue weighted by Gasteiger charge is -2.22. The summed E-state index contributed by atoms with van der Waals surface area (Å²) in [6.45, 7) is 12.7. The molecule has 26 heavy (non-hydrogen) atoms. The van der Waals surface area contributed by atoms with E-state index in [1.54, 1.807) is 23.6 Å². The monoisotopic (exact) mass is 389 g/mol. The van der Waals surface area contributed by atoms with Crippen molar-refractivity contribution in [2.24, 2.45) is 0 Å². The molecule has 2 aromatic rings. The third-order valence-electron chi connectivity index (χ3n) is 4.76. The third-order valence-corrected chi connectivity index (χ3v) is 6.84. The number of anilines is 1. The molecule has 0 atom stereocenters. The number of rotatable bonds is 5. The molecule has 1 saturated carbocycles. The Hall–Kier alpha value is -1.40. The van der Waals surface area contributed by atoms with Gasteiger partial charge in [0.1, 0.15) is 0 Å². The molecule has 1 aliphatic rings. The first kappa shape index (κ1) is 19.4. The van der Waals surface area contributed by atoms with Gasteiger partial charge in [-0.2, -0.15) is 0 Å². The van der Waals surface area contributed by atoms with E-state index < -0.39 is 0 Å². The second-order valence-electron chi connectivity index (χ2n) is 8.10. The van der Waals surface area contributed by atoms with E-state index in [1.807, 2.05) is 0 Å². The van der Waals surface area contributed by atoms with E-state index >= 15 is 0 Å². The standard InChI is InChI=1S/C20H27N3OS2/c1-12-9-15(20(4,5)6)10-13(2)17(12)11-25-19-22-21-18(26-19)23(14(3)24)16-7-8-16/h9-10,16H,7-8,11H2,1-6H3. The number of carbonyl (C=O) groups excluding carboxylic acids is 1. The number of aromatic nitrogens is 2. The Morgan fingerprint density at radius 1 is 1.23 bits per heavy atom. The molecule has 1 amide bonds. The number of carbonyl (C=O) groups is 1. The molecule has 0 bridgehead atoms. The van der Waals surface area contributed by atoms with Crippen LogP contribution in [0.3, 0.4) is 0 Å². The molecule has 140 valence electrons. The molecule has 0 spiro atoms. The van der Waals surface area contributed by atoms with Crippen LogP contribution in [0.1, 0.15) is 62.8 Å². The fraction of sp³-hybridized carbons (Fsp3) is 0.550. The maximum absolute atomic E-state index is 11.9. The van der Waals surface area contributed by atoms with Crippen molar-refractivity contribution in [2.75, 3.05) is 4.90 Å². The van der Waals surface area contributed by atoms with E-state index in [0.29, 0.717) is 6.04 Å². The molecule has 0 radical (unpaired) electrons. The second-order valence-corrected chi connectivity index (χ2v) is 10.3. The maximum Gasteiger partial charge on any atom is 0.225 e. The van der Waals surface area contributed by atoms with Crippen LogP contribution in [0.5, 0.6) is 0 Å². The van der Waals surface area contributed by atoms with Crippen LogP contribution in [0.25, 0.3) is 0 Å². The lowest BCUT2D eigenvalue weighted by molar-refractivity contribution is -0.116. The zero-order valence-electron chi connectivity index (χ0n) is 16.4. The van der Waals surface area contributed by atoms with Gasteiger partial charge in [0.05, 0.1) is 0 Å². The molecule has 0 unspecified atom stereocenters. The Labute approximate surface area is 164 Å². The van der Waals surface area contributed by atoms with Gasteiger partial charge in [0.25, 0.3) is 0 Å². The number of benzene rings is 1. The van der Waals surface area contributed by atoms with Crippen molar-refractivity contribution >= 4 is 34.1 Å². The average Bonchev–Trinajstić information content (AvgIpc) is 3.23. The van der Waals surface area contributed by atoms with Gasteiger partial charge in [-0.05, 0) is 54.4 Å². The first-order valence-electron chi connectivity index (χ1n) is 9.03. The number of aryl methyl sites for hydroxylation is 2. The quantitative estimate of drug-likeness (QED) is 0.517. The molecule has 1 heterocycles. The van der Waals surface area contributed by atoms with Gasteiger partial charge in [-0.3, -0.25) is 9.69 Å². The predicted molar refractivity (Wildman–Crippen MR) is 110 cm³/mol. The minimum atomic E-state index is 0.0599. The lowest BCUT2D eigenvalue weighted by atomic mass is 9.84. The summed E-state index contributed by atoms with van der Waals surface area (Å²) in [5.74, 6) is 0.935. The minimum Gasteiger partial charge on any atom is -0.284 e. The van der Waals surface area contributed by atoms with E-state index in [4.69, 9.17) is 0 Å². The zero-order valence-corrected chi connectivity index (χ0v) is 18.1. The Morgan fingerprint density at radius 3 is 2.35 bits per heavy atom. The summed E-state index contributed by atoms with van der Waals surface area (Å²) >= 11 is 3.23. The highest BCUT2D eigenvalue weighted by Crippen LogP contribution is 2.37. The zero-order chi connectivity index (χ0) is 19.1. The number of amides is 1. The summed E-state index contributed by atoms with van der Waals surface area (Å²) < 4.78 is 0.922. The predicted octanol–water partition coefficient (Wildman–Crippen LogP) is 5.26. The highest BCUT2D eigenvalue weighted by atomic mass is 32.2. The Bertz CT molecular complexity index is 796. The molecule has 4 nitrogen and oxygen atoms in total. The second kappa shape index (κ2) is 7.31. The van der Waals surface area contributed by atoms with E-state index in [1.165, 1.54) is 33.6 Å². The van der Waals surface area contributed by atoms with E-state index in [0.717, 1.165) is 28.1 Å². The minimum absolute atomic E-state index is 0.0599. The van der Waals surface area contributed by atoms with Crippen LogP contribution in [0, 0.1) is 13.8 Å². The molecule has 0 saturated heterocycles. The van der Waals surface area contributed by atoms with Crippen molar-refractivity contribution in [1.82, 2.24) is 10.2 Å². The van der Waals surface area contributed by atoms with Crippen LogP contribution < -0.4 is 4.90 Å². The van der Waals surface area contributed by atoms with Gasteiger partial charge in [-0.15, -0.1) is 10.2 Å². The fourth-order valence-corrected chi connectivity index (χ4v) is 5.18. The van der Waals surface area contributed by atoms with Crippen molar-refractivity contribution < 1.29 is 4.79 Å². The highest BCUT2D eigenvalue weighted by molar-refractivity contribution is 8.00. The van der Waals surface area contributed by atoms with Gasteiger partial charge < -0.3 is 0 Å². The first-order chi connectivity index (χ1) is 12.2. The van der Waals surface area contributed by atoms with Gasteiger partial charge in [0, 0.05) is 18.7 Å². The Morgan fingerprint density at radius 2 is 1.85 bits per heavy atom. The molecular formula is C20H27N3OS2. The normalized spacial score (nSPS) is 14.5. The van der Waals surface area contributed by atoms with Crippen LogP contribution in [0.4, 0.5) is 5.13 Å². The highest BCUT2D eigenvalue weighted by Gasteiger charge is 2.34. The van der Waals surface area contributed by atoms with E-state index in [9.17, 15) is 4.79 Å². The largest absolute Gasteiger partial charge is 0.284 e. The summed E-state index contributed by atoms with van der Waals surface area (Å²) in [6, 6.07) is 4.94. The van der Waals surface area contributed by atoms with Gasteiger partial charge in [0.2, 0.25) is 11.0 Å². The number of thioether (sulfide) groups is 1. The number of hydrogen-bond donors (Lipinski definition) is 0. The smallest absolute Gasteiger partial charge is 0.225 e. The molecule has 1 aliphatic carbocycles. The van der Waals surface area contributed by atoms with Crippen molar-refractivity contribution in [3.05, 3.63) is 34.4 Å². The summed E-state index contributed by atoms with van der Waals surface area (Å²) in [6.07, 6.45) is 2.14. The van der Waals surface area contributed by atoms with Gasteiger partial charge >= 0.3 is 0 Å². The van der Waals surface area contributed by atoms with Gasteiger partial charge in [-0.25, -0.2) is 0 Å². The van der Waals surface area contributed by atoms with Crippen LogP contribution in [0.2, 0.25) is 0 Å². The van der Waals surface area contributed by atoms with Gasteiger partial charge in [0.15, 0.2) is 4.34 Å². The summed E-state index contributed by atoms with van der Waals surface area (Å²) in [4.78, 5) is 13.7. The molecule has 3 rings (SSSR count). The number of hydrogen-bond acceptors (Lipinski definition) is 5. The molecule has 0 N–H and O–H groups in total. The SMILES string of the molecule is CC(=O)N(c1nnc(SCc2c(C)cc(C(C)(C)C)cc2C)s1)C1CC1. The topological polar surface area (TPSA) is 46.1 Å². The van der Waals surface area contributed by atoms with Gasteiger partial charge in [-0.1, -0.05) is 56.0 Å². The maximum atomic E-state index is 11.9. The van der Waals surface area contributed by atoms with Crippen molar-refractivity contribution in [3.8, 4) is 0 Å². The summed E-state index contributed by atoms with van der Waals surface area (Å²) in [5, 5.41) is 9.29. The van der Waals surface area contributed by atoms with Crippen LogP contribution >= 0.6 is 23.1 Å². The van der Waals surface area contributed by atoms with Crippen molar-refractivity contribution in [2.45, 2.75) is 75.9 Å². The molecule has 6 heteroatoms. The molecule has 1 aromatic heterocycles. The molecule has 0 aliphatic heterocycles. The molecule has 1 aromatic carbocycles. The molecule has 1 fully saturated rings. The van der Waals surface area contributed by atoms with Crippen molar-refractivity contribution in [1.29, 1.82) is 0 Å². The van der Waals surface area contributed by atoms with E-state index in [2.05, 4.69) is 56.9 Å². The average molecular weight is 390 g/mol. The summed E-state index contributed by atoms with van der Waals surface area (Å²) in [7, 11) is 0. The van der Waals surface area contributed by atoms with Crippen LogP contribution in [0.15, 0.2) is 16.5 Å². The first-order valence-corrected chi connectivity index (χ1v) is 10.8. The third kappa shape index (κ3) is 4.29. The van der Waals surface area contributed by atoms with Crippen LogP contribution in [-0.4, -0.2) is 22.1 Å². The van der Waals surface area contributed by atoms with Crippen molar-refractivity contribution in [3.63, 3.8) is 0 Å². The fourth-order valence-electron chi connectivity index (χ4n) is 3.03. The Balaban J connectivity index is 1.73. The Kier molecular flexibility index (Phi) is 5.45. The van der Waals surface area contributed by atoms with E-state index in [-0.39, 0.29) is 11.3 Å². The molecular weight excluding hydrogens is 362 g/mol. The number of nitrogens with zero attached hydrogens (tertiary/aromatic N) is 3.